The van der Waals surface area contributed by atoms with Gasteiger partial charge in [0, 0.05) is 6.92 Å². The molecule has 1 aliphatic rings. The number of carbonyl (C=O) groups excluding carboxylic acids is 1. The number of nitrogens with zero attached hydrogens (tertiary/aromatic N) is 1. The molecule has 0 aromatic heterocycles. The Labute approximate surface area is 149 Å². The number of piperidine rings is 1. The van der Waals surface area contributed by atoms with E-state index in [-0.39, 0.29) is 16.4 Å². The van der Waals surface area contributed by atoms with E-state index in [9.17, 15) is 4.79 Å². The maximum Gasteiger partial charge on any atom is 0.186 e. The van der Waals surface area contributed by atoms with Gasteiger partial charge < -0.3 is 0 Å². The lowest BCUT2D eigenvalue weighted by Crippen LogP contribution is -2.36. The van der Waals surface area contributed by atoms with Gasteiger partial charge in [-0.2, -0.15) is 0 Å². The van der Waals surface area contributed by atoms with Gasteiger partial charge in [0.05, 0.1) is 11.3 Å². The highest BCUT2D eigenvalue weighted by Gasteiger charge is 2.32. The van der Waals surface area contributed by atoms with E-state index in [2.05, 4.69) is 59.5 Å². The zero-order valence-electron chi connectivity index (χ0n) is 14.2. The summed E-state index contributed by atoms with van der Waals surface area (Å²) in [6, 6.07) is 21.4. The summed E-state index contributed by atoms with van der Waals surface area (Å²) >= 11 is 1.47. The number of benzene rings is 2. The Kier molecular flexibility index (Phi) is 6.11. The molecule has 1 heterocycles. The first-order valence-corrected chi connectivity index (χ1v) is 9.65. The van der Waals surface area contributed by atoms with Crippen LogP contribution in [0.3, 0.4) is 0 Å². The molecule has 1 fully saturated rings. The van der Waals surface area contributed by atoms with Crippen LogP contribution in [0.25, 0.3) is 0 Å². The predicted molar refractivity (Wildman–Crippen MR) is 102 cm³/mol. The van der Waals surface area contributed by atoms with Crippen molar-refractivity contribution in [2.24, 2.45) is 0 Å². The van der Waals surface area contributed by atoms with Crippen molar-refractivity contribution in [3.63, 3.8) is 0 Å². The first-order valence-electron chi connectivity index (χ1n) is 8.77. The molecule has 2 nitrogen and oxygen atoms in total. The van der Waals surface area contributed by atoms with Gasteiger partial charge in [-0.05, 0) is 37.1 Å². The van der Waals surface area contributed by atoms with Crippen LogP contribution in [-0.4, -0.2) is 23.1 Å². The molecule has 3 heteroatoms. The fourth-order valence-electron chi connectivity index (χ4n) is 3.56. The average molecular weight is 340 g/mol. The van der Waals surface area contributed by atoms with Crippen molar-refractivity contribution >= 4 is 16.9 Å². The van der Waals surface area contributed by atoms with Crippen LogP contribution >= 0.6 is 11.8 Å². The number of carbonyl (C=O) groups is 1. The molecule has 2 aromatic rings. The molecular formula is C21H25NOS. The van der Waals surface area contributed by atoms with Gasteiger partial charge in [-0.15, -0.1) is 0 Å². The van der Waals surface area contributed by atoms with Gasteiger partial charge >= 0.3 is 0 Å². The number of thioether (sulfide) groups is 1. The molecular weight excluding hydrogens is 314 g/mol. The SMILES string of the molecule is CC(=O)S[C@H](c1ccccc1)[C@H](c1ccccc1)N1CCCCC1. The molecule has 126 valence electrons. The number of hydrogen-bond donors (Lipinski definition) is 0. The lowest BCUT2D eigenvalue weighted by molar-refractivity contribution is -0.109. The Morgan fingerprint density at radius 3 is 1.96 bits per heavy atom. The van der Waals surface area contributed by atoms with E-state index in [1.54, 1.807) is 6.92 Å². The minimum atomic E-state index is 0.129. The van der Waals surface area contributed by atoms with Gasteiger partial charge in [-0.3, -0.25) is 9.69 Å². The van der Waals surface area contributed by atoms with Crippen LogP contribution in [-0.2, 0) is 4.79 Å². The van der Waals surface area contributed by atoms with Crippen molar-refractivity contribution in [3.05, 3.63) is 71.8 Å². The van der Waals surface area contributed by atoms with Crippen LogP contribution in [0.2, 0.25) is 0 Å². The second kappa shape index (κ2) is 8.50. The van der Waals surface area contributed by atoms with Crippen LogP contribution in [0.4, 0.5) is 0 Å². The van der Waals surface area contributed by atoms with E-state index < -0.39 is 0 Å². The summed E-state index contributed by atoms with van der Waals surface area (Å²) in [5.74, 6) is 0. The number of likely N-dealkylation sites (tertiary alicyclic amines) is 1. The van der Waals surface area contributed by atoms with E-state index in [0.717, 1.165) is 13.1 Å². The number of hydrogen-bond acceptors (Lipinski definition) is 3. The van der Waals surface area contributed by atoms with E-state index >= 15 is 0 Å². The Bertz CT molecular complexity index is 637. The minimum absolute atomic E-state index is 0.129. The van der Waals surface area contributed by atoms with E-state index in [1.807, 2.05) is 6.07 Å². The highest BCUT2D eigenvalue weighted by molar-refractivity contribution is 8.13. The summed E-state index contributed by atoms with van der Waals surface area (Å²) in [6.45, 7) is 3.90. The van der Waals surface area contributed by atoms with Crippen LogP contribution < -0.4 is 0 Å². The van der Waals surface area contributed by atoms with Gasteiger partial charge in [-0.25, -0.2) is 0 Å². The molecule has 0 aliphatic carbocycles. The summed E-state index contributed by atoms with van der Waals surface area (Å²) in [6.07, 6.45) is 3.80. The third-order valence-electron chi connectivity index (χ3n) is 4.63. The fourth-order valence-corrected chi connectivity index (χ4v) is 4.67. The molecule has 24 heavy (non-hydrogen) atoms. The van der Waals surface area contributed by atoms with Crippen molar-refractivity contribution in [3.8, 4) is 0 Å². The second-order valence-electron chi connectivity index (χ2n) is 6.39. The van der Waals surface area contributed by atoms with E-state index in [4.69, 9.17) is 0 Å². The Balaban J connectivity index is 2.00. The molecule has 2 atom stereocenters. The van der Waals surface area contributed by atoms with Crippen molar-refractivity contribution < 1.29 is 4.79 Å². The summed E-state index contributed by atoms with van der Waals surface area (Å²) in [4.78, 5) is 14.6. The van der Waals surface area contributed by atoms with E-state index in [0.29, 0.717) is 0 Å². The largest absolute Gasteiger partial charge is 0.295 e. The molecule has 0 bridgehead atoms. The van der Waals surface area contributed by atoms with Crippen molar-refractivity contribution in [1.82, 2.24) is 4.90 Å². The highest BCUT2D eigenvalue weighted by Crippen LogP contribution is 2.44. The van der Waals surface area contributed by atoms with Crippen LogP contribution in [0.1, 0.15) is 48.6 Å². The first kappa shape index (κ1) is 17.2. The summed E-state index contributed by atoms with van der Waals surface area (Å²) in [5.41, 5.74) is 2.54. The number of rotatable bonds is 5. The van der Waals surface area contributed by atoms with Gasteiger partial charge in [0.1, 0.15) is 0 Å². The van der Waals surface area contributed by atoms with Crippen molar-refractivity contribution in [2.45, 2.75) is 37.5 Å². The monoisotopic (exact) mass is 339 g/mol. The van der Waals surface area contributed by atoms with Crippen LogP contribution in [0.5, 0.6) is 0 Å². The lowest BCUT2D eigenvalue weighted by atomic mass is 9.95. The highest BCUT2D eigenvalue weighted by atomic mass is 32.2. The quantitative estimate of drug-likeness (QED) is 0.743. The Morgan fingerprint density at radius 2 is 1.42 bits per heavy atom. The third-order valence-corrected chi connectivity index (χ3v) is 5.75. The zero-order chi connectivity index (χ0) is 16.8. The van der Waals surface area contributed by atoms with E-state index in [1.165, 1.54) is 42.2 Å². The topological polar surface area (TPSA) is 20.3 Å². The smallest absolute Gasteiger partial charge is 0.186 e. The molecule has 2 aromatic carbocycles. The predicted octanol–water partition coefficient (Wildman–Crippen LogP) is 5.23. The molecule has 3 rings (SSSR count). The normalized spacial score (nSPS) is 18.0. The zero-order valence-corrected chi connectivity index (χ0v) is 15.0. The Hall–Kier alpha value is -1.58. The summed E-state index contributed by atoms with van der Waals surface area (Å²) in [5, 5.41) is 0.311. The minimum Gasteiger partial charge on any atom is -0.295 e. The average Bonchev–Trinajstić information content (AvgIpc) is 2.63. The molecule has 0 spiro atoms. The summed E-state index contributed by atoms with van der Waals surface area (Å²) < 4.78 is 0. The van der Waals surface area contributed by atoms with Crippen LogP contribution in [0.15, 0.2) is 60.7 Å². The maximum atomic E-state index is 12.0. The maximum absolute atomic E-state index is 12.0. The second-order valence-corrected chi connectivity index (χ2v) is 7.71. The molecule has 1 saturated heterocycles. The van der Waals surface area contributed by atoms with Gasteiger partial charge in [0.2, 0.25) is 0 Å². The van der Waals surface area contributed by atoms with Gasteiger partial charge in [0.25, 0.3) is 0 Å². The lowest BCUT2D eigenvalue weighted by Gasteiger charge is -2.39. The summed E-state index contributed by atoms with van der Waals surface area (Å²) in [7, 11) is 0. The molecule has 1 aliphatic heterocycles. The Morgan fingerprint density at radius 1 is 0.875 bits per heavy atom. The molecule has 0 amide bonds. The van der Waals surface area contributed by atoms with Crippen LogP contribution in [0, 0.1) is 0 Å². The third kappa shape index (κ3) is 4.28. The van der Waals surface area contributed by atoms with Crippen molar-refractivity contribution in [2.75, 3.05) is 13.1 Å². The molecule has 0 unspecified atom stereocenters. The van der Waals surface area contributed by atoms with Gasteiger partial charge in [0.15, 0.2) is 5.12 Å². The van der Waals surface area contributed by atoms with Crippen molar-refractivity contribution in [1.29, 1.82) is 0 Å². The molecule has 0 saturated carbocycles. The standard InChI is InChI=1S/C21H25NOS/c1-17(23)24-21(19-13-7-3-8-14-19)20(18-11-5-2-6-12-18)22-15-9-4-10-16-22/h2-3,5-8,11-14,20-21H,4,9-10,15-16H2,1H3/t20-,21+/m0/s1. The first-order chi connectivity index (χ1) is 11.8. The fraction of sp³-hybridized carbons (Fsp3) is 0.381. The van der Waals surface area contributed by atoms with Gasteiger partial charge in [-0.1, -0.05) is 78.8 Å². The molecule has 0 radical (unpaired) electrons. The molecule has 0 N–H and O–H groups in total.